The molecule has 10 heavy (non-hydrogen) atoms. The van der Waals surface area contributed by atoms with Crippen molar-refractivity contribution >= 4 is 5.78 Å². The van der Waals surface area contributed by atoms with E-state index in [0.717, 1.165) is 19.3 Å². The number of carbonyl (C=O) groups is 1. The predicted molar refractivity (Wildman–Crippen MR) is 41.9 cm³/mol. The van der Waals surface area contributed by atoms with Crippen molar-refractivity contribution in [1.82, 2.24) is 0 Å². The molecular formula is C9H16O. The number of Topliss-reactive ketones (excluding diaryl/α,β-unsaturated/α-hetero) is 1. The minimum Gasteiger partial charge on any atom is -0.299 e. The summed E-state index contributed by atoms with van der Waals surface area (Å²) in [7, 11) is 0. The van der Waals surface area contributed by atoms with Gasteiger partial charge in [-0.1, -0.05) is 19.8 Å². The lowest BCUT2D eigenvalue weighted by Crippen LogP contribution is -2.21. The standard InChI is InChI=1S/C9H16O/c1-2-3-7-9(10)8-5-4-6-8/h8H,2-7H2,1H3. The summed E-state index contributed by atoms with van der Waals surface area (Å²) in [5, 5.41) is 0. The van der Waals surface area contributed by atoms with Gasteiger partial charge in [-0.15, -0.1) is 0 Å². The molecule has 1 rings (SSSR count). The second-order valence-corrected chi connectivity index (χ2v) is 3.20. The fourth-order valence-corrected chi connectivity index (χ4v) is 1.29. The van der Waals surface area contributed by atoms with Crippen molar-refractivity contribution in [2.75, 3.05) is 0 Å². The molecule has 1 aliphatic rings. The van der Waals surface area contributed by atoms with Crippen LogP contribution in [0.1, 0.15) is 45.4 Å². The number of rotatable bonds is 4. The maximum Gasteiger partial charge on any atom is 0.135 e. The van der Waals surface area contributed by atoms with Crippen LogP contribution >= 0.6 is 0 Å². The highest BCUT2D eigenvalue weighted by Crippen LogP contribution is 2.28. The summed E-state index contributed by atoms with van der Waals surface area (Å²) in [6.07, 6.45) is 6.70. The normalized spacial score (nSPS) is 18.5. The van der Waals surface area contributed by atoms with Crippen molar-refractivity contribution in [3.8, 4) is 0 Å². The smallest absolute Gasteiger partial charge is 0.135 e. The lowest BCUT2D eigenvalue weighted by atomic mass is 9.81. The Labute approximate surface area is 62.8 Å². The first-order valence-electron chi connectivity index (χ1n) is 4.37. The van der Waals surface area contributed by atoms with Crippen molar-refractivity contribution in [2.45, 2.75) is 45.4 Å². The van der Waals surface area contributed by atoms with Crippen LogP contribution in [0.25, 0.3) is 0 Å². The van der Waals surface area contributed by atoms with Crippen LogP contribution in [0.4, 0.5) is 0 Å². The first-order chi connectivity index (χ1) is 4.84. The van der Waals surface area contributed by atoms with Gasteiger partial charge in [-0.2, -0.15) is 0 Å². The van der Waals surface area contributed by atoms with Gasteiger partial charge < -0.3 is 0 Å². The molecule has 0 heterocycles. The zero-order chi connectivity index (χ0) is 7.40. The average molecular weight is 140 g/mol. The Bertz CT molecular complexity index is 114. The SMILES string of the molecule is CCCCC(=O)C1CCC1. The van der Waals surface area contributed by atoms with Gasteiger partial charge in [-0.25, -0.2) is 0 Å². The Morgan fingerprint density at radius 2 is 2.20 bits per heavy atom. The molecule has 0 radical (unpaired) electrons. The molecule has 1 nitrogen and oxygen atoms in total. The van der Waals surface area contributed by atoms with Crippen LogP contribution in [0, 0.1) is 5.92 Å². The molecule has 0 aromatic carbocycles. The molecule has 0 N–H and O–H groups in total. The molecule has 1 saturated carbocycles. The summed E-state index contributed by atoms with van der Waals surface area (Å²) in [6, 6.07) is 0. The number of carbonyl (C=O) groups excluding carboxylic acids is 1. The zero-order valence-corrected chi connectivity index (χ0v) is 6.73. The topological polar surface area (TPSA) is 17.1 Å². The molecule has 0 spiro atoms. The zero-order valence-electron chi connectivity index (χ0n) is 6.73. The van der Waals surface area contributed by atoms with Crippen molar-refractivity contribution in [1.29, 1.82) is 0 Å². The van der Waals surface area contributed by atoms with Crippen LogP contribution in [0.15, 0.2) is 0 Å². The van der Waals surface area contributed by atoms with E-state index < -0.39 is 0 Å². The van der Waals surface area contributed by atoms with Crippen LogP contribution in [0.3, 0.4) is 0 Å². The van der Waals surface area contributed by atoms with Crippen molar-refractivity contribution in [3.05, 3.63) is 0 Å². The lowest BCUT2D eigenvalue weighted by Gasteiger charge is -2.23. The fraction of sp³-hybridized carbons (Fsp3) is 0.889. The summed E-state index contributed by atoms with van der Waals surface area (Å²) in [5.74, 6) is 0.986. The third-order valence-electron chi connectivity index (χ3n) is 2.34. The molecule has 0 saturated heterocycles. The van der Waals surface area contributed by atoms with Gasteiger partial charge in [0.15, 0.2) is 0 Å². The second kappa shape index (κ2) is 3.75. The minimum atomic E-state index is 0.464. The molecule has 1 heteroatoms. The van der Waals surface area contributed by atoms with Crippen LogP contribution in [-0.4, -0.2) is 5.78 Å². The van der Waals surface area contributed by atoms with E-state index in [9.17, 15) is 4.79 Å². The molecule has 0 atom stereocenters. The van der Waals surface area contributed by atoms with Gasteiger partial charge in [-0.05, 0) is 19.3 Å². The molecule has 0 aromatic heterocycles. The Kier molecular flexibility index (Phi) is 2.91. The maximum absolute atomic E-state index is 11.2. The van der Waals surface area contributed by atoms with E-state index in [-0.39, 0.29) is 0 Å². The molecule has 0 bridgehead atoms. The fourth-order valence-electron chi connectivity index (χ4n) is 1.29. The number of unbranched alkanes of at least 4 members (excludes halogenated alkanes) is 1. The highest BCUT2D eigenvalue weighted by molar-refractivity contribution is 5.81. The van der Waals surface area contributed by atoms with Gasteiger partial charge in [0, 0.05) is 12.3 Å². The predicted octanol–water partition coefficient (Wildman–Crippen LogP) is 2.55. The van der Waals surface area contributed by atoms with Crippen molar-refractivity contribution in [3.63, 3.8) is 0 Å². The Hall–Kier alpha value is -0.330. The highest BCUT2D eigenvalue weighted by Gasteiger charge is 2.23. The van der Waals surface area contributed by atoms with Gasteiger partial charge in [0.2, 0.25) is 0 Å². The largest absolute Gasteiger partial charge is 0.299 e. The first kappa shape index (κ1) is 7.77. The van der Waals surface area contributed by atoms with Gasteiger partial charge >= 0.3 is 0 Å². The molecule has 0 amide bonds. The summed E-state index contributed by atoms with van der Waals surface area (Å²) in [6.45, 7) is 2.13. The van der Waals surface area contributed by atoms with Crippen LogP contribution in [0.2, 0.25) is 0 Å². The van der Waals surface area contributed by atoms with E-state index in [4.69, 9.17) is 0 Å². The molecule has 1 fully saturated rings. The number of ketones is 1. The van der Waals surface area contributed by atoms with E-state index >= 15 is 0 Å². The second-order valence-electron chi connectivity index (χ2n) is 3.20. The van der Waals surface area contributed by atoms with Gasteiger partial charge in [0.05, 0.1) is 0 Å². The van der Waals surface area contributed by atoms with E-state index in [1.165, 1.54) is 19.3 Å². The first-order valence-corrected chi connectivity index (χ1v) is 4.37. The molecular weight excluding hydrogens is 124 g/mol. The summed E-state index contributed by atoms with van der Waals surface area (Å²) in [5.41, 5.74) is 0. The van der Waals surface area contributed by atoms with Crippen LogP contribution in [0.5, 0.6) is 0 Å². The highest BCUT2D eigenvalue weighted by atomic mass is 16.1. The van der Waals surface area contributed by atoms with Crippen LogP contribution < -0.4 is 0 Å². The van der Waals surface area contributed by atoms with Crippen LogP contribution in [-0.2, 0) is 4.79 Å². The number of hydrogen-bond acceptors (Lipinski definition) is 1. The molecule has 0 unspecified atom stereocenters. The molecule has 0 aromatic rings. The summed E-state index contributed by atoms with van der Waals surface area (Å²) >= 11 is 0. The molecule has 1 aliphatic carbocycles. The molecule has 0 aliphatic heterocycles. The third kappa shape index (κ3) is 1.83. The van der Waals surface area contributed by atoms with Gasteiger partial charge in [0.1, 0.15) is 5.78 Å². The summed E-state index contributed by atoms with van der Waals surface area (Å²) < 4.78 is 0. The average Bonchev–Trinajstić information content (AvgIpc) is 1.79. The molecule has 58 valence electrons. The monoisotopic (exact) mass is 140 g/mol. The van der Waals surface area contributed by atoms with Gasteiger partial charge in [0.25, 0.3) is 0 Å². The van der Waals surface area contributed by atoms with E-state index in [0.29, 0.717) is 11.7 Å². The minimum absolute atomic E-state index is 0.464. The van der Waals surface area contributed by atoms with Crippen molar-refractivity contribution in [2.24, 2.45) is 5.92 Å². The van der Waals surface area contributed by atoms with Gasteiger partial charge in [-0.3, -0.25) is 4.79 Å². The maximum atomic E-state index is 11.2. The van der Waals surface area contributed by atoms with E-state index in [1.807, 2.05) is 0 Å². The van der Waals surface area contributed by atoms with E-state index in [1.54, 1.807) is 0 Å². The Balaban J connectivity index is 2.08. The summed E-state index contributed by atoms with van der Waals surface area (Å²) in [4.78, 5) is 11.2. The van der Waals surface area contributed by atoms with Crippen molar-refractivity contribution < 1.29 is 4.79 Å². The quantitative estimate of drug-likeness (QED) is 0.586. The lowest BCUT2D eigenvalue weighted by molar-refractivity contribution is -0.125. The number of hydrogen-bond donors (Lipinski definition) is 0. The third-order valence-corrected chi connectivity index (χ3v) is 2.34. The Morgan fingerprint density at radius 3 is 2.60 bits per heavy atom. The van der Waals surface area contributed by atoms with E-state index in [2.05, 4.69) is 6.92 Å². The Morgan fingerprint density at radius 1 is 1.50 bits per heavy atom.